The lowest BCUT2D eigenvalue weighted by molar-refractivity contribution is 0.252. The minimum Gasteiger partial charge on any atom is -0.306 e. The van der Waals surface area contributed by atoms with Gasteiger partial charge in [0.15, 0.2) is 0 Å². The number of hydrazone groups is 1. The van der Waals surface area contributed by atoms with Crippen LogP contribution in [-0.2, 0) is 6.42 Å². The Kier molecular flexibility index (Phi) is 4.19. The quantitative estimate of drug-likeness (QED) is 0.433. The van der Waals surface area contributed by atoms with Crippen LogP contribution in [0.15, 0.2) is 72.1 Å². The molecule has 0 aliphatic heterocycles. The highest BCUT2D eigenvalue weighted by atomic mass is 16.2. The van der Waals surface area contributed by atoms with Crippen molar-refractivity contribution in [2.45, 2.75) is 13.3 Å². The Morgan fingerprint density at radius 1 is 1.00 bits per heavy atom. The Hall–Kier alpha value is -3.47. The topological polar surface area (TPSA) is 66.4 Å². The van der Waals surface area contributed by atoms with E-state index in [1.54, 1.807) is 24.5 Å². The molecule has 0 bridgehead atoms. The summed E-state index contributed by atoms with van der Waals surface area (Å²) in [6, 6.07) is 17.8. The standard InChI is InChI=1S/C21H18N4O/c1-14(24-25-21(26)23-18-8-10-22-11-9-18)15-6-7-17-12-16-4-2-3-5-19(16)20(17)13-15/h2-11,13H,12H2,1H3,(H2,22,23,25,26)/b24-14+. The third-order valence-corrected chi connectivity index (χ3v) is 4.48. The Labute approximate surface area is 151 Å². The fraction of sp³-hybridized carbons (Fsp3) is 0.0952. The van der Waals surface area contributed by atoms with Crippen molar-refractivity contribution in [3.05, 3.63) is 83.7 Å². The summed E-state index contributed by atoms with van der Waals surface area (Å²) in [5.74, 6) is 0. The molecule has 0 unspecified atom stereocenters. The number of urea groups is 1. The summed E-state index contributed by atoms with van der Waals surface area (Å²) in [5, 5.41) is 6.92. The highest BCUT2D eigenvalue weighted by molar-refractivity contribution is 6.01. The summed E-state index contributed by atoms with van der Waals surface area (Å²) in [6.07, 6.45) is 4.20. The molecule has 26 heavy (non-hydrogen) atoms. The van der Waals surface area contributed by atoms with Crippen LogP contribution in [0.5, 0.6) is 0 Å². The van der Waals surface area contributed by atoms with Crippen LogP contribution < -0.4 is 10.7 Å². The summed E-state index contributed by atoms with van der Waals surface area (Å²) in [7, 11) is 0. The Balaban J connectivity index is 1.50. The summed E-state index contributed by atoms with van der Waals surface area (Å²) in [5.41, 5.74) is 10.1. The number of benzene rings is 2. The number of aromatic nitrogens is 1. The third kappa shape index (κ3) is 3.19. The number of fused-ring (bicyclic) bond motifs is 3. The molecule has 0 spiro atoms. The van der Waals surface area contributed by atoms with E-state index < -0.39 is 0 Å². The van der Waals surface area contributed by atoms with Gasteiger partial charge in [-0.1, -0.05) is 36.4 Å². The molecule has 0 saturated carbocycles. The van der Waals surface area contributed by atoms with E-state index in [0.717, 1.165) is 17.7 Å². The second-order valence-electron chi connectivity index (χ2n) is 6.20. The van der Waals surface area contributed by atoms with Crippen LogP contribution in [0.1, 0.15) is 23.6 Å². The summed E-state index contributed by atoms with van der Waals surface area (Å²) >= 11 is 0. The van der Waals surface area contributed by atoms with Crippen molar-refractivity contribution in [3.63, 3.8) is 0 Å². The number of hydrogen-bond acceptors (Lipinski definition) is 3. The monoisotopic (exact) mass is 342 g/mol. The van der Waals surface area contributed by atoms with Crippen LogP contribution in [0, 0.1) is 0 Å². The van der Waals surface area contributed by atoms with Crippen LogP contribution in [-0.4, -0.2) is 16.7 Å². The van der Waals surface area contributed by atoms with Crippen molar-refractivity contribution in [3.8, 4) is 11.1 Å². The number of pyridine rings is 1. The van der Waals surface area contributed by atoms with Gasteiger partial charge >= 0.3 is 6.03 Å². The molecule has 0 radical (unpaired) electrons. The Morgan fingerprint density at radius 2 is 1.77 bits per heavy atom. The maximum absolute atomic E-state index is 11.9. The van der Waals surface area contributed by atoms with Gasteiger partial charge in [0, 0.05) is 18.1 Å². The highest BCUT2D eigenvalue weighted by Gasteiger charge is 2.18. The molecule has 5 nitrogen and oxygen atoms in total. The molecule has 2 N–H and O–H groups in total. The first-order valence-corrected chi connectivity index (χ1v) is 8.43. The van der Waals surface area contributed by atoms with Crippen molar-refractivity contribution < 1.29 is 4.79 Å². The van der Waals surface area contributed by atoms with E-state index >= 15 is 0 Å². The number of anilines is 1. The average molecular weight is 342 g/mol. The van der Waals surface area contributed by atoms with Gasteiger partial charge in [-0.25, -0.2) is 10.2 Å². The molecule has 1 aliphatic carbocycles. The van der Waals surface area contributed by atoms with Crippen molar-refractivity contribution in [2.75, 3.05) is 5.32 Å². The predicted molar refractivity (Wildman–Crippen MR) is 103 cm³/mol. The highest BCUT2D eigenvalue weighted by Crippen LogP contribution is 2.36. The van der Waals surface area contributed by atoms with Crippen LogP contribution in [0.3, 0.4) is 0 Å². The number of nitrogens with zero attached hydrogens (tertiary/aromatic N) is 2. The Morgan fingerprint density at radius 3 is 2.62 bits per heavy atom. The molecule has 1 heterocycles. The van der Waals surface area contributed by atoms with E-state index in [2.05, 4.69) is 57.2 Å². The number of amides is 2. The van der Waals surface area contributed by atoms with Gasteiger partial charge in [0.25, 0.3) is 0 Å². The number of nitrogens with one attached hydrogen (secondary N) is 2. The SMILES string of the molecule is C/C(=N\NC(=O)Nc1ccncc1)c1ccc2c(c1)-c1ccccc1C2. The van der Waals surface area contributed by atoms with Crippen LogP contribution in [0.2, 0.25) is 0 Å². The average Bonchev–Trinajstić information content (AvgIpc) is 3.05. The molecule has 1 aliphatic rings. The zero-order valence-corrected chi connectivity index (χ0v) is 14.4. The zero-order valence-electron chi connectivity index (χ0n) is 14.4. The molecule has 2 amide bonds. The van der Waals surface area contributed by atoms with E-state index in [1.165, 1.54) is 22.3 Å². The van der Waals surface area contributed by atoms with E-state index in [0.29, 0.717) is 5.69 Å². The molecule has 0 atom stereocenters. The van der Waals surface area contributed by atoms with Gasteiger partial charge in [0.05, 0.1) is 5.71 Å². The minimum atomic E-state index is -0.387. The molecule has 1 aromatic heterocycles. The van der Waals surface area contributed by atoms with E-state index in [-0.39, 0.29) is 6.03 Å². The molecule has 128 valence electrons. The second kappa shape index (κ2) is 6.80. The van der Waals surface area contributed by atoms with Crippen molar-refractivity contribution >= 4 is 17.4 Å². The largest absolute Gasteiger partial charge is 0.339 e. The molecule has 4 rings (SSSR count). The summed E-state index contributed by atoms with van der Waals surface area (Å²) in [4.78, 5) is 15.9. The minimum absolute atomic E-state index is 0.387. The van der Waals surface area contributed by atoms with Gasteiger partial charge < -0.3 is 5.32 Å². The fourth-order valence-electron chi connectivity index (χ4n) is 3.14. The normalized spacial score (nSPS) is 12.3. The lowest BCUT2D eigenvalue weighted by atomic mass is 10.0. The van der Waals surface area contributed by atoms with Crippen LogP contribution in [0.25, 0.3) is 11.1 Å². The fourth-order valence-corrected chi connectivity index (χ4v) is 3.14. The molecule has 3 aromatic rings. The zero-order chi connectivity index (χ0) is 17.9. The molecule has 5 heteroatoms. The van der Waals surface area contributed by atoms with E-state index in [9.17, 15) is 4.79 Å². The maximum atomic E-state index is 11.9. The third-order valence-electron chi connectivity index (χ3n) is 4.48. The summed E-state index contributed by atoms with van der Waals surface area (Å²) in [6.45, 7) is 1.88. The number of carbonyl (C=O) groups excluding carboxylic acids is 1. The number of carbonyl (C=O) groups is 1. The Bertz CT molecular complexity index is 996. The first kappa shape index (κ1) is 16.0. The van der Waals surface area contributed by atoms with Gasteiger partial charge in [-0.3, -0.25) is 4.98 Å². The van der Waals surface area contributed by atoms with Gasteiger partial charge in [0.1, 0.15) is 0 Å². The van der Waals surface area contributed by atoms with Crippen molar-refractivity contribution in [1.82, 2.24) is 10.4 Å². The lowest BCUT2D eigenvalue weighted by Gasteiger charge is -2.07. The predicted octanol–water partition coefficient (Wildman–Crippen LogP) is 4.20. The maximum Gasteiger partial charge on any atom is 0.339 e. The van der Waals surface area contributed by atoms with E-state index in [1.807, 2.05) is 13.0 Å². The van der Waals surface area contributed by atoms with Crippen LogP contribution >= 0.6 is 0 Å². The lowest BCUT2D eigenvalue weighted by Crippen LogP contribution is -2.25. The van der Waals surface area contributed by atoms with Crippen molar-refractivity contribution in [1.29, 1.82) is 0 Å². The summed E-state index contributed by atoms with van der Waals surface area (Å²) < 4.78 is 0. The van der Waals surface area contributed by atoms with Gasteiger partial charge in [-0.05, 0) is 59.4 Å². The smallest absolute Gasteiger partial charge is 0.306 e. The molecule has 0 fully saturated rings. The van der Waals surface area contributed by atoms with Crippen molar-refractivity contribution in [2.24, 2.45) is 5.10 Å². The van der Waals surface area contributed by atoms with Crippen LogP contribution in [0.4, 0.5) is 10.5 Å². The van der Waals surface area contributed by atoms with Gasteiger partial charge in [-0.2, -0.15) is 5.10 Å². The van der Waals surface area contributed by atoms with Gasteiger partial charge in [-0.15, -0.1) is 0 Å². The van der Waals surface area contributed by atoms with Gasteiger partial charge in [0.2, 0.25) is 0 Å². The number of rotatable bonds is 3. The second-order valence-corrected chi connectivity index (χ2v) is 6.20. The first-order chi connectivity index (χ1) is 12.7. The number of hydrogen-bond donors (Lipinski definition) is 2. The molecule has 0 saturated heterocycles. The first-order valence-electron chi connectivity index (χ1n) is 8.43. The molecular formula is C21H18N4O. The molecule has 2 aromatic carbocycles. The molecular weight excluding hydrogens is 324 g/mol. The van der Waals surface area contributed by atoms with E-state index in [4.69, 9.17) is 0 Å².